The Hall–Kier alpha value is -2.25. The van der Waals surface area contributed by atoms with Gasteiger partial charge in [-0.1, -0.05) is 23.8 Å². The lowest BCUT2D eigenvalue weighted by Gasteiger charge is -2.37. The van der Waals surface area contributed by atoms with Crippen molar-refractivity contribution in [3.05, 3.63) is 67.2 Å². The van der Waals surface area contributed by atoms with E-state index in [2.05, 4.69) is 33.4 Å². The molecule has 1 heterocycles. The maximum absolute atomic E-state index is 11.6. The quantitative estimate of drug-likeness (QED) is 0.348. The number of hydrogen-bond acceptors (Lipinski definition) is 5. The zero-order chi connectivity index (χ0) is 20.0. The van der Waals surface area contributed by atoms with Crippen LogP contribution < -0.4 is 14.8 Å². The molecule has 6 nitrogen and oxygen atoms in total. The Balaban J connectivity index is 1.86. The van der Waals surface area contributed by atoms with E-state index in [4.69, 9.17) is 21.1 Å². The zero-order valence-corrected chi connectivity index (χ0v) is 17.6. The molecule has 0 radical (unpaired) electrons. The molecule has 3 atom stereocenters. The standard InChI is InChI=1S/C20H18BrClN2O4/c1-27-16-9-10(8-13(21)20(16)28-2)18-12-5-3-4-11(12)17-15(24(25)26)7-6-14(22)19(17)23-18/h3-4,6-9,11-12,18,23H,5H2,1-2H3/t11-,12+,18+/m1/s1. The van der Waals surface area contributed by atoms with Gasteiger partial charge >= 0.3 is 0 Å². The highest BCUT2D eigenvalue weighted by atomic mass is 79.9. The lowest BCUT2D eigenvalue weighted by Crippen LogP contribution is -2.30. The summed E-state index contributed by atoms with van der Waals surface area (Å²) in [6.07, 6.45) is 4.95. The van der Waals surface area contributed by atoms with Gasteiger partial charge in [0.15, 0.2) is 11.5 Å². The van der Waals surface area contributed by atoms with Crippen molar-refractivity contribution in [2.75, 3.05) is 19.5 Å². The number of rotatable bonds is 4. The number of halogens is 2. The number of hydrogen-bond donors (Lipinski definition) is 1. The van der Waals surface area contributed by atoms with E-state index in [0.717, 1.165) is 16.5 Å². The van der Waals surface area contributed by atoms with Crippen molar-refractivity contribution in [2.45, 2.75) is 18.4 Å². The predicted octanol–water partition coefficient (Wildman–Crippen LogP) is 5.85. The van der Waals surface area contributed by atoms with Crippen LogP contribution in [0.3, 0.4) is 0 Å². The molecule has 0 amide bonds. The molecule has 0 fully saturated rings. The Morgan fingerprint density at radius 1 is 1.29 bits per heavy atom. The SMILES string of the molecule is COc1cc([C@@H]2Nc3c(Cl)ccc([N+](=O)[O-])c3[C@@H]3C=CC[C@@H]32)cc(Br)c1OC. The fourth-order valence-corrected chi connectivity index (χ4v) is 5.10. The van der Waals surface area contributed by atoms with Crippen LogP contribution in [0.25, 0.3) is 0 Å². The molecule has 2 aliphatic rings. The molecule has 1 aliphatic carbocycles. The first-order valence-corrected chi connectivity index (χ1v) is 9.94. The average molecular weight is 466 g/mol. The van der Waals surface area contributed by atoms with Crippen molar-refractivity contribution < 1.29 is 14.4 Å². The minimum absolute atomic E-state index is 0.0766. The van der Waals surface area contributed by atoms with Gasteiger partial charge in [-0.3, -0.25) is 10.1 Å². The summed E-state index contributed by atoms with van der Waals surface area (Å²) in [7, 11) is 3.19. The van der Waals surface area contributed by atoms with Crippen LogP contribution in [0.15, 0.2) is 40.9 Å². The van der Waals surface area contributed by atoms with Crippen LogP contribution in [0, 0.1) is 16.0 Å². The number of nitro benzene ring substituents is 1. The molecule has 0 spiro atoms. The van der Waals surface area contributed by atoms with Crippen LogP contribution in [0.4, 0.5) is 11.4 Å². The van der Waals surface area contributed by atoms with E-state index < -0.39 is 0 Å². The molecule has 1 N–H and O–H groups in total. The Morgan fingerprint density at radius 3 is 2.75 bits per heavy atom. The van der Waals surface area contributed by atoms with Gasteiger partial charge in [-0.15, -0.1) is 0 Å². The third-order valence-corrected chi connectivity index (χ3v) is 6.36. The van der Waals surface area contributed by atoms with Gasteiger partial charge in [0.1, 0.15) is 0 Å². The lowest BCUT2D eigenvalue weighted by atomic mass is 9.76. The normalized spacial score (nSPS) is 22.2. The van der Waals surface area contributed by atoms with Gasteiger partial charge in [0.2, 0.25) is 0 Å². The Kier molecular flexibility index (Phi) is 4.97. The van der Waals surface area contributed by atoms with Gasteiger partial charge < -0.3 is 14.8 Å². The molecule has 4 rings (SSSR count). The lowest BCUT2D eigenvalue weighted by molar-refractivity contribution is -0.385. The van der Waals surface area contributed by atoms with Crippen LogP contribution >= 0.6 is 27.5 Å². The predicted molar refractivity (Wildman–Crippen MR) is 112 cm³/mol. The summed E-state index contributed by atoms with van der Waals surface area (Å²) in [5, 5.41) is 15.5. The molecule has 0 saturated carbocycles. The van der Waals surface area contributed by atoms with E-state index >= 15 is 0 Å². The Bertz CT molecular complexity index is 995. The molecular formula is C20H18BrClN2O4. The number of anilines is 1. The number of nitrogens with one attached hydrogen (secondary N) is 1. The van der Waals surface area contributed by atoms with Crippen LogP contribution in [0.1, 0.15) is 29.5 Å². The summed E-state index contributed by atoms with van der Waals surface area (Å²) in [6.45, 7) is 0. The highest BCUT2D eigenvalue weighted by molar-refractivity contribution is 9.10. The second-order valence-electron chi connectivity index (χ2n) is 6.83. The molecule has 8 heteroatoms. The number of nitro groups is 1. The minimum atomic E-state index is -0.340. The molecule has 28 heavy (non-hydrogen) atoms. The Labute approximate surface area is 175 Å². The van der Waals surface area contributed by atoms with Crippen molar-refractivity contribution in [3.63, 3.8) is 0 Å². The van der Waals surface area contributed by atoms with Crippen LogP contribution in [0.5, 0.6) is 11.5 Å². The molecule has 0 unspecified atom stereocenters. The molecule has 1 aliphatic heterocycles. The smallest absolute Gasteiger partial charge is 0.275 e. The largest absolute Gasteiger partial charge is 0.493 e. The van der Waals surface area contributed by atoms with E-state index in [9.17, 15) is 10.1 Å². The summed E-state index contributed by atoms with van der Waals surface area (Å²) >= 11 is 9.99. The number of benzene rings is 2. The van der Waals surface area contributed by atoms with E-state index in [1.807, 2.05) is 12.1 Å². The molecule has 0 aromatic heterocycles. The van der Waals surface area contributed by atoms with Gasteiger partial charge in [0.05, 0.1) is 45.9 Å². The van der Waals surface area contributed by atoms with E-state index in [1.54, 1.807) is 20.3 Å². The number of nitrogens with zero attached hydrogens (tertiary/aromatic N) is 1. The van der Waals surface area contributed by atoms with Crippen molar-refractivity contribution in [2.24, 2.45) is 5.92 Å². The molecular weight excluding hydrogens is 448 g/mol. The van der Waals surface area contributed by atoms with Crippen LogP contribution in [-0.2, 0) is 0 Å². The van der Waals surface area contributed by atoms with Crippen molar-refractivity contribution in [1.29, 1.82) is 0 Å². The van der Waals surface area contributed by atoms with Gasteiger partial charge in [-0.2, -0.15) is 0 Å². The number of allylic oxidation sites excluding steroid dienone is 2. The summed E-state index contributed by atoms with van der Waals surface area (Å²) in [5.74, 6) is 1.30. The van der Waals surface area contributed by atoms with Crippen molar-refractivity contribution in [3.8, 4) is 11.5 Å². The molecule has 146 valence electrons. The first-order valence-electron chi connectivity index (χ1n) is 8.77. The third kappa shape index (κ3) is 2.93. The molecule has 0 saturated heterocycles. The second-order valence-corrected chi connectivity index (χ2v) is 8.09. The fraction of sp³-hybridized carbons (Fsp3) is 0.300. The minimum Gasteiger partial charge on any atom is -0.493 e. The monoisotopic (exact) mass is 464 g/mol. The fourth-order valence-electron chi connectivity index (χ4n) is 4.26. The first-order chi connectivity index (χ1) is 13.5. The van der Waals surface area contributed by atoms with Crippen LogP contribution in [-0.4, -0.2) is 19.1 Å². The number of fused-ring (bicyclic) bond motifs is 3. The zero-order valence-electron chi connectivity index (χ0n) is 15.2. The summed E-state index contributed by atoms with van der Waals surface area (Å²) in [4.78, 5) is 11.3. The maximum atomic E-state index is 11.6. The average Bonchev–Trinajstić information content (AvgIpc) is 3.16. The van der Waals surface area contributed by atoms with Crippen LogP contribution in [0.2, 0.25) is 5.02 Å². The maximum Gasteiger partial charge on any atom is 0.275 e. The van der Waals surface area contributed by atoms with Crippen molar-refractivity contribution in [1.82, 2.24) is 0 Å². The first kappa shape index (κ1) is 19.1. The highest BCUT2D eigenvalue weighted by Crippen LogP contribution is 2.55. The van der Waals surface area contributed by atoms with E-state index in [-0.39, 0.29) is 28.5 Å². The summed E-state index contributed by atoms with van der Waals surface area (Å²) in [6, 6.07) is 6.91. The van der Waals surface area contributed by atoms with Gasteiger partial charge in [0, 0.05) is 12.0 Å². The third-order valence-electron chi connectivity index (χ3n) is 5.46. The summed E-state index contributed by atoms with van der Waals surface area (Å²) in [5.41, 5.74) is 2.38. The highest BCUT2D eigenvalue weighted by Gasteiger charge is 2.42. The van der Waals surface area contributed by atoms with Crippen molar-refractivity contribution >= 4 is 38.9 Å². The topological polar surface area (TPSA) is 73.6 Å². The number of ether oxygens (including phenoxy) is 2. The number of methoxy groups -OCH3 is 2. The Morgan fingerprint density at radius 2 is 2.07 bits per heavy atom. The molecule has 0 bridgehead atoms. The van der Waals surface area contributed by atoms with Gasteiger partial charge in [0.25, 0.3) is 5.69 Å². The van der Waals surface area contributed by atoms with Gasteiger partial charge in [-0.25, -0.2) is 0 Å². The van der Waals surface area contributed by atoms with Gasteiger partial charge in [-0.05, 0) is 52.0 Å². The van der Waals surface area contributed by atoms with E-state index in [0.29, 0.717) is 27.8 Å². The molecule has 2 aromatic carbocycles. The molecule has 2 aromatic rings. The van der Waals surface area contributed by atoms with E-state index in [1.165, 1.54) is 6.07 Å². The second kappa shape index (κ2) is 7.29. The summed E-state index contributed by atoms with van der Waals surface area (Å²) < 4.78 is 11.7.